The maximum absolute atomic E-state index is 11.6. The number of anilines is 2. The smallest absolute Gasteiger partial charge is 0.227 e. The van der Waals surface area contributed by atoms with Crippen LogP contribution in [0.1, 0.15) is 18.4 Å². The van der Waals surface area contributed by atoms with Gasteiger partial charge in [0, 0.05) is 17.5 Å². The fraction of sp³-hybridized carbons (Fsp3) is 0.294. The molecule has 0 unspecified atom stereocenters. The van der Waals surface area contributed by atoms with Crippen molar-refractivity contribution in [2.75, 3.05) is 17.2 Å². The molecule has 4 nitrogen and oxygen atoms in total. The van der Waals surface area contributed by atoms with Crippen molar-refractivity contribution < 1.29 is 4.79 Å². The lowest BCUT2D eigenvalue weighted by Crippen LogP contribution is -2.13. The van der Waals surface area contributed by atoms with Gasteiger partial charge in [-0.2, -0.15) is 0 Å². The molecule has 0 radical (unpaired) electrons. The van der Waals surface area contributed by atoms with Crippen LogP contribution in [0, 0.1) is 5.92 Å². The van der Waals surface area contributed by atoms with Gasteiger partial charge in [0.15, 0.2) is 0 Å². The van der Waals surface area contributed by atoms with Gasteiger partial charge in [-0.05, 0) is 49.1 Å². The van der Waals surface area contributed by atoms with Gasteiger partial charge in [0.25, 0.3) is 0 Å². The molecule has 0 atom stereocenters. The number of benzene rings is 1. The third-order valence-electron chi connectivity index (χ3n) is 3.61. The minimum Gasteiger partial charge on any atom is -0.370 e. The van der Waals surface area contributed by atoms with E-state index in [0.717, 1.165) is 42.3 Å². The second-order valence-electron chi connectivity index (χ2n) is 5.50. The van der Waals surface area contributed by atoms with Gasteiger partial charge >= 0.3 is 0 Å². The molecule has 0 bridgehead atoms. The number of amides is 1. The van der Waals surface area contributed by atoms with Crippen molar-refractivity contribution in [1.82, 2.24) is 4.98 Å². The molecule has 1 amide bonds. The van der Waals surface area contributed by atoms with E-state index in [0.29, 0.717) is 0 Å². The number of pyridine rings is 1. The molecule has 114 valence electrons. The summed E-state index contributed by atoms with van der Waals surface area (Å²) >= 11 is 5.86. The van der Waals surface area contributed by atoms with Gasteiger partial charge in [-0.1, -0.05) is 23.7 Å². The van der Waals surface area contributed by atoms with Crippen LogP contribution in [0.5, 0.6) is 0 Å². The van der Waals surface area contributed by atoms with Crippen molar-refractivity contribution in [2.45, 2.75) is 19.3 Å². The third kappa shape index (κ3) is 4.21. The molecule has 0 aliphatic heterocycles. The van der Waals surface area contributed by atoms with Crippen LogP contribution in [0.25, 0.3) is 0 Å². The summed E-state index contributed by atoms with van der Waals surface area (Å²) in [5, 5.41) is 6.90. The Morgan fingerprint density at radius 3 is 2.59 bits per heavy atom. The SMILES string of the molecule is O=C(Nc1ccc(NCCc2ccc(Cl)cc2)nc1)C1CC1. The number of nitrogens with one attached hydrogen (secondary N) is 2. The van der Waals surface area contributed by atoms with Crippen molar-refractivity contribution >= 4 is 29.0 Å². The Labute approximate surface area is 134 Å². The average molecular weight is 316 g/mol. The molecule has 3 rings (SSSR count). The Kier molecular flexibility index (Phi) is 4.59. The van der Waals surface area contributed by atoms with E-state index in [2.05, 4.69) is 15.6 Å². The van der Waals surface area contributed by atoms with Crippen molar-refractivity contribution in [1.29, 1.82) is 0 Å². The molecule has 0 spiro atoms. The Morgan fingerprint density at radius 2 is 1.95 bits per heavy atom. The minimum atomic E-state index is 0.102. The van der Waals surface area contributed by atoms with E-state index >= 15 is 0 Å². The largest absolute Gasteiger partial charge is 0.370 e. The van der Waals surface area contributed by atoms with Crippen LogP contribution >= 0.6 is 11.6 Å². The zero-order valence-electron chi connectivity index (χ0n) is 12.2. The molecule has 1 saturated carbocycles. The van der Waals surface area contributed by atoms with Crippen LogP contribution in [-0.2, 0) is 11.2 Å². The highest BCUT2D eigenvalue weighted by molar-refractivity contribution is 6.30. The number of carbonyl (C=O) groups excluding carboxylic acids is 1. The van der Waals surface area contributed by atoms with Gasteiger partial charge in [0.2, 0.25) is 5.91 Å². The topological polar surface area (TPSA) is 54.0 Å². The van der Waals surface area contributed by atoms with Crippen LogP contribution < -0.4 is 10.6 Å². The Hall–Kier alpha value is -2.07. The predicted molar refractivity (Wildman–Crippen MR) is 89.2 cm³/mol. The molecular formula is C17H18ClN3O. The highest BCUT2D eigenvalue weighted by Gasteiger charge is 2.29. The molecule has 1 aliphatic carbocycles. The summed E-state index contributed by atoms with van der Waals surface area (Å²) in [6, 6.07) is 11.6. The maximum Gasteiger partial charge on any atom is 0.227 e. The van der Waals surface area contributed by atoms with Crippen molar-refractivity contribution in [3.63, 3.8) is 0 Å². The number of hydrogen-bond acceptors (Lipinski definition) is 3. The van der Waals surface area contributed by atoms with Gasteiger partial charge in [0.05, 0.1) is 11.9 Å². The average Bonchev–Trinajstić information content (AvgIpc) is 3.36. The third-order valence-corrected chi connectivity index (χ3v) is 3.86. The molecule has 5 heteroatoms. The van der Waals surface area contributed by atoms with E-state index in [-0.39, 0.29) is 11.8 Å². The van der Waals surface area contributed by atoms with E-state index in [1.807, 2.05) is 36.4 Å². The Balaban J connectivity index is 1.46. The van der Waals surface area contributed by atoms with Crippen molar-refractivity contribution in [2.24, 2.45) is 5.92 Å². The molecule has 1 aliphatic rings. The van der Waals surface area contributed by atoms with Gasteiger partial charge in [-0.3, -0.25) is 4.79 Å². The van der Waals surface area contributed by atoms with Gasteiger partial charge in [0.1, 0.15) is 5.82 Å². The summed E-state index contributed by atoms with van der Waals surface area (Å²) in [7, 11) is 0. The second-order valence-corrected chi connectivity index (χ2v) is 5.94. The normalized spacial score (nSPS) is 13.7. The molecule has 1 aromatic carbocycles. The first-order chi connectivity index (χ1) is 10.7. The summed E-state index contributed by atoms with van der Waals surface area (Å²) in [5.74, 6) is 1.11. The number of hydrogen-bond donors (Lipinski definition) is 2. The molecule has 22 heavy (non-hydrogen) atoms. The zero-order chi connectivity index (χ0) is 15.4. The van der Waals surface area contributed by atoms with E-state index in [4.69, 9.17) is 11.6 Å². The molecule has 1 aromatic heterocycles. The van der Waals surface area contributed by atoms with Gasteiger partial charge in [-0.15, -0.1) is 0 Å². The highest BCUT2D eigenvalue weighted by Crippen LogP contribution is 2.30. The number of nitrogens with zero attached hydrogens (tertiary/aromatic N) is 1. The highest BCUT2D eigenvalue weighted by atomic mass is 35.5. The van der Waals surface area contributed by atoms with Crippen LogP contribution in [0.4, 0.5) is 11.5 Å². The molecule has 2 N–H and O–H groups in total. The molecule has 0 saturated heterocycles. The summed E-state index contributed by atoms with van der Waals surface area (Å²) in [4.78, 5) is 16.0. The molecule has 1 heterocycles. The molecule has 2 aromatic rings. The Morgan fingerprint density at radius 1 is 1.18 bits per heavy atom. The quantitative estimate of drug-likeness (QED) is 0.854. The van der Waals surface area contributed by atoms with Gasteiger partial charge < -0.3 is 10.6 Å². The van der Waals surface area contributed by atoms with E-state index in [1.54, 1.807) is 6.20 Å². The lowest BCUT2D eigenvalue weighted by molar-refractivity contribution is -0.117. The van der Waals surface area contributed by atoms with Gasteiger partial charge in [-0.25, -0.2) is 4.98 Å². The maximum atomic E-state index is 11.6. The number of halogens is 1. The fourth-order valence-electron chi connectivity index (χ4n) is 2.15. The lowest BCUT2D eigenvalue weighted by atomic mass is 10.1. The zero-order valence-corrected chi connectivity index (χ0v) is 12.9. The summed E-state index contributed by atoms with van der Waals surface area (Å²) in [6.07, 6.45) is 4.59. The first-order valence-electron chi connectivity index (χ1n) is 7.46. The molecular weight excluding hydrogens is 298 g/mol. The van der Waals surface area contributed by atoms with E-state index in [9.17, 15) is 4.79 Å². The van der Waals surface area contributed by atoms with E-state index < -0.39 is 0 Å². The lowest BCUT2D eigenvalue weighted by Gasteiger charge is -2.08. The number of rotatable bonds is 6. The first kappa shape index (κ1) is 14.9. The number of carbonyl (C=O) groups is 1. The van der Waals surface area contributed by atoms with Crippen LogP contribution in [0.15, 0.2) is 42.6 Å². The van der Waals surface area contributed by atoms with Crippen LogP contribution in [0.3, 0.4) is 0 Å². The monoisotopic (exact) mass is 315 g/mol. The summed E-state index contributed by atoms with van der Waals surface area (Å²) < 4.78 is 0. The van der Waals surface area contributed by atoms with Crippen LogP contribution in [0.2, 0.25) is 5.02 Å². The number of aromatic nitrogens is 1. The summed E-state index contributed by atoms with van der Waals surface area (Å²) in [6.45, 7) is 0.794. The van der Waals surface area contributed by atoms with Crippen molar-refractivity contribution in [3.8, 4) is 0 Å². The van der Waals surface area contributed by atoms with E-state index in [1.165, 1.54) is 5.56 Å². The minimum absolute atomic E-state index is 0.102. The second kappa shape index (κ2) is 6.79. The fourth-order valence-corrected chi connectivity index (χ4v) is 2.27. The molecule has 1 fully saturated rings. The standard InChI is InChI=1S/C17H18ClN3O/c18-14-5-1-12(2-6-14)9-10-19-16-8-7-15(11-20-16)21-17(22)13-3-4-13/h1-2,5-8,11,13H,3-4,9-10H2,(H,19,20)(H,21,22). The predicted octanol–water partition coefficient (Wildman–Crippen LogP) is 3.74. The summed E-state index contributed by atoms with van der Waals surface area (Å²) in [5.41, 5.74) is 1.98. The van der Waals surface area contributed by atoms with Crippen molar-refractivity contribution in [3.05, 3.63) is 53.2 Å². The van der Waals surface area contributed by atoms with Crippen LogP contribution in [-0.4, -0.2) is 17.4 Å². The Bertz CT molecular complexity index is 636. The first-order valence-corrected chi connectivity index (χ1v) is 7.84.